The molecule has 0 bridgehead atoms. The van der Waals surface area contributed by atoms with Gasteiger partial charge in [-0.2, -0.15) is 0 Å². The van der Waals surface area contributed by atoms with Gasteiger partial charge >= 0.3 is 0 Å². The fourth-order valence-electron chi connectivity index (χ4n) is 3.25. The van der Waals surface area contributed by atoms with E-state index in [-0.39, 0.29) is 24.0 Å². The number of hydrogen-bond acceptors (Lipinski definition) is 7. The van der Waals surface area contributed by atoms with Gasteiger partial charge in [0.05, 0.1) is 32.8 Å². The Balaban J connectivity index is 1.87. The minimum atomic E-state index is -3.57. The Kier molecular flexibility index (Phi) is 8.43. The van der Waals surface area contributed by atoms with E-state index in [9.17, 15) is 13.2 Å². The molecule has 0 saturated heterocycles. The first-order chi connectivity index (χ1) is 16.7. The van der Waals surface area contributed by atoms with Crippen LogP contribution >= 0.6 is 0 Å². The van der Waals surface area contributed by atoms with Crippen LogP contribution in [0, 0.1) is 0 Å². The molecule has 2 N–H and O–H groups in total. The number of ether oxygens (including phenoxy) is 4. The van der Waals surface area contributed by atoms with Gasteiger partial charge in [-0.3, -0.25) is 9.52 Å². The summed E-state index contributed by atoms with van der Waals surface area (Å²) < 4.78 is 48.2. The normalized spacial score (nSPS) is 10.9. The van der Waals surface area contributed by atoms with E-state index in [2.05, 4.69) is 10.0 Å². The number of methoxy groups -OCH3 is 2. The first-order valence-electron chi connectivity index (χ1n) is 10.7. The molecule has 0 aliphatic rings. The van der Waals surface area contributed by atoms with Gasteiger partial charge in [-0.1, -0.05) is 6.07 Å². The van der Waals surface area contributed by atoms with Gasteiger partial charge in [-0.15, -0.1) is 0 Å². The average molecular weight is 501 g/mol. The first kappa shape index (κ1) is 25.7. The SMILES string of the molecule is CCOc1cccc(C(=O)Nc2ccc(NS(C)(=O)=O)c(OCc3cc(OC)ccc3OC)c2)c1. The zero-order valence-corrected chi connectivity index (χ0v) is 20.8. The predicted molar refractivity (Wildman–Crippen MR) is 134 cm³/mol. The highest BCUT2D eigenvalue weighted by Gasteiger charge is 2.14. The van der Waals surface area contributed by atoms with Crippen LogP contribution in [-0.2, 0) is 16.6 Å². The van der Waals surface area contributed by atoms with Crippen molar-refractivity contribution in [2.45, 2.75) is 13.5 Å². The van der Waals surface area contributed by atoms with Crippen LogP contribution in [-0.4, -0.2) is 41.4 Å². The molecule has 0 heterocycles. The molecule has 0 aromatic heterocycles. The summed E-state index contributed by atoms with van der Waals surface area (Å²) in [5, 5.41) is 2.80. The van der Waals surface area contributed by atoms with Crippen molar-refractivity contribution in [3.05, 3.63) is 71.8 Å². The van der Waals surface area contributed by atoms with Gasteiger partial charge in [0.25, 0.3) is 5.91 Å². The lowest BCUT2D eigenvalue weighted by atomic mass is 10.2. The van der Waals surface area contributed by atoms with Crippen molar-refractivity contribution in [2.75, 3.05) is 37.1 Å². The van der Waals surface area contributed by atoms with E-state index in [1.807, 2.05) is 6.92 Å². The van der Waals surface area contributed by atoms with Gasteiger partial charge in [0.1, 0.15) is 29.6 Å². The number of carbonyl (C=O) groups is 1. The Morgan fingerprint density at radius 2 is 1.69 bits per heavy atom. The highest BCUT2D eigenvalue weighted by molar-refractivity contribution is 7.92. The van der Waals surface area contributed by atoms with E-state index in [4.69, 9.17) is 18.9 Å². The second-order valence-corrected chi connectivity index (χ2v) is 9.22. The molecule has 10 heteroatoms. The lowest BCUT2D eigenvalue weighted by Gasteiger charge is -2.16. The lowest BCUT2D eigenvalue weighted by Crippen LogP contribution is -2.14. The summed E-state index contributed by atoms with van der Waals surface area (Å²) in [5.41, 5.74) is 1.76. The third kappa shape index (κ3) is 7.28. The van der Waals surface area contributed by atoms with Crippen molar-refractivity contribution in [2.24, 2.45) is 0 Å². The molecule has 0 radical (unpaired) electrons. The molecular weight excluding hydrogens is 472 g/mol. The van der Waals surface area contributed by atoms with E-state index >= 15 is 0 Å². The molecule has 3 aromatic carbocycles. The molecule has 0 atom stereocenters. The Bertz CT molecular complexity index is 1290. The van der Waals surface area contributed by atoms with Gasteiger partial charge < -0.3 is 24.3 Å². The van der Waals surface area contributed by atoms with Crippen molar-refractivity contribution in [1.82, 2.24) is 0 Å². The maximum absolute atomic E-state index is 12.8. The highest BCUT2D eigenvalue weighted by atomic mass is 32.2. The summed E-state index contributed by atoms with van der Waals surface area (Å²) in [6, 6.07) is 16.7. The van der Waals surface area contributed by atoms with Crippen LogP contribution in [0.3, 0.4) is 0 Å². The smallest absolute Gasteiger partial charge is 0.255 e. The van der Waals surface area contributed by atoms with Crippen LogP contribution in [0.15, 0.2) is 60.7 Å². The molecule has 0 saturated carbocycles. The van der Waals surface area contributed by atoms with Crippen LogP contribution < -0.4 is 29.0 Å². The minimum Gasteiger partial charge on any atom is -0.497 e. The third-order valence-electron chi connectivity index (χ3n) is 4.81. The van der Waals surface area contributed by atoms with Crippen molar-refractivity contribution >= 4 is 27.3 Å². The molecule has 1 amide bonds. The largest absolute Gasteiger partial charge is 0.497 e. The van der Waals surface area contributed by atoms with E-state index in [0.717, 1.165) is 6.26 Å². The van der Waals surface area contributed by atoms with Crippen molar-refractivity contribution in [3.63, 3.8) is 0 Å². The maximum atomic E-state index is 12.8. The number of sulfonamides is 1. The molecule has 35 heavy (non-hydrogen) atoms. The summed E-state index contributed by atoms with van der Waals surface area (Å²) in [6.45, 7) is 2.41. The second kappa shape index (κ2) is 11.5. The highest BCUT2D eigenvalue weighted by Crippen LogP contribution is 2.32. The lowest BCUT2D eigenvalue weighted by molar-refractivity contribution is 0.102. The molecule has 9 nitrogen and oxygen atoms in total. The number of anilines is 2. The number of hydrogen-bond donors (Lipinski definition) is 2. The van der Waals surface area contributed by atoms with Gasteiger partial charge in [0, 0.05) is 22.9 Å². The molecule has 3 rings (SSSR count). The first-order valence-corrected chi connectivity index (χ1v) is 12.6. The van der Waals surface area contributed by atoms with Crippen LogP contribution in [0.25, 0.3) is 0 Å². The maximum Gasteiger partial charge on any atom is 0.255 e. The summed E-state index contributed by atoms with van der Waals surface area (Å²) >= 11 is 0. The predicted octanol–water partition coefficient (Wildman–Crippen LogP) is 4.31. The summed E-state index contributed by atoms with van der Waals surface area (Å²) in [4.78, 5) is 12.8. The fraction of sp³-hybridized carbons (Fsp3) is 0.240. The minimum absolute atomic E-state index is 0.0621. The van der Waals surface area contributed by atoms with Gasteiger partial charge in [0.2, 0.25) is 10.0 Å². The molecule has 0 fully saturated rings. The molecule has 3 aromatic rings. The number of nitrogens with one attached hydrogen (secondary N) is 2. The second-order valence-electron chi connectivity index (χ2n) is 7.47. The van der Waals surface area contributed by atoms with Crippen LogP contribution in [0.5, 0.6) is 23.0 Å². The fourth-order valence-corrected chi connectivity index (χ4v) is 3.82. The van der Waals surface area contributed by atoms with Crippen LogP contribution in [0.4, 0.5) is 11.4 Å². The summed E-state index contributed by atoms with van der Waals surface area (Å²) in [6.07, 6.45) is 1.04. The standard InChI is InChI=1S/C25H28N2O7S/c1-5-33-21-8-6-7-17(13-21)25(28)26-19-9-11-22(27-35(4,29)30)24(15-19)34-16-18-14-20(31-2)10-12-23(18)32-3/h6-15,27H,5,16H2,1-4H3,(H,26,28). The zero-order valence-electron chi connectivity index (χ0n) is 20.0. The van der Waals surface area contributed by atoms with Crippen molar-refractivity contribution in [1.29, 1.82) is 0 Å². The molecule has 0 unspecified atom stereocenters. The Hall–Kier alpha value is -3.92. The quantitative estimate of drug-likeness (QED) is 0.404. The molecule has 0 spiro atoms. The monoisotopic (exact) mass is 500 g/mol. The van der Waals surface area contributed by atoms with Gasteiger partial charge in [0.15, 0.2) is 0 Å². The van der Waals surface area contributed by atoms with Crippen LogP contribution in [0.2, 0.25) is 0 Å². The van der Waals surface area contributed by atoms with E-state index in [0.29, 0.717) is 40.7 Å². The number of amides is 1. The zero-order chi connectivity index (χ0) is 25.4. The summed E-state index contributed by atoms with van der Waals surface area (Å²) in [5.74, 6) is 1.66. The van der Waals surface area contributed by atoms with Gasteiger partial charge in [-0.25, -0.2) is 8.42 Å². The Morgan fingerprint density at radius 3 is 2.37 bits per heavy atom. The molecule has 0 aliphatic carbocycles. The number of benzene rings is 3. The van der Waals surface area contributed by atoms with Crippen molar-refractivity contribution < 1.29 is 32.2 Å². The van der Waals surface area contributed by atoms with E-state index < -0.39 is 10.0 Å². The molecule has 0 aliphatic heterocycles. The molecule has 186 valence electrons. The Labute approximate surface area is 205 Å². The topological polar surface area (TPSA) is 112 Å². The van der Waals surface area contributed by atoms with Crippen LogP contribution in [0.1, 0.15) is 22.8 Å². The number of rotatable bonds is 11. The van der Waals surface area contributed by atoms with E-state index in [1.54, 1.807) is 68.8 Å². The third-order valence-corrected chi connectivity index (χ3v) is 5.40. The van der Waals surface area contributed by atoms with E-state index in [1.165, 1.54) is 6.07 Å². The number of carbonyl (C=O) groups excluding carboxylic acids is 1. The van der Waals surface area contributed by atoms with Gasteiger partial charge in [-0.05, 0) is 55.5 Å². The Morgan fingerprint density at radius 1 is 0.886 bits per heavy atom. The average Bonchev–Trinajstić information content (AvgIpc) is 2.83. The molecular formula is C25H28N2O7S. The van der Waals surface area contributed by atoms with Crippen molar-refractivity contribution in [3.8, 4) is 23.0 Å². The summed E-state index contributed by atoms with van der Waals surface area (Å²) in [7, 11) is -0.478.